The van der Waals surface area contributed by atoms with Gasteiger partial charge in [-0.2, -0.15) is 0 Å². The van der Waals surface area contributed by atoms with Gasteiger partial charge in [0.15, 0.2) is 16.1 Å². The lowest BCUT2D eigenvalue weighted by Gasteiger charge is -2.39. The first-order valence-corrected chi connectivity index (χ1v) is 8.83. The van der Waals surface area contributed by atoms with E-state index in [-0.39, 0.29) is 16.7 Å². The number of hydrogen-bond acceptors (Lipinski definition) is 6. The quantitative estimate of drug-likeness (QED) is 0.493. The number of rotatable bonds is 2. The SMILES string of the molecule is CSc1nc(N2CCN(C(=O)O)C[C@@H]2C)c2cnc(Cl)c(F)c2n1. The Morgan fingerprint density at radius 2 is 2.21 bits per heavy atom. The Balaban J connectivity index is 2.09. The normalized spacial score (nSPS) is 18.2. The van der Waals surface area contributed by atoms with Crippen LogP contribution in [0.4, 0.5) is 15.0 Å². The smallest absolute Gasteiger partial charge is 0.407 e. The van der Waals surface area contributed by atoms with Crippen LogP contribution in [0.25, 0.3) is 10.9 Å². The van der Waals surface area contributed by atoms with E-state index in [0.29, 0.717) is 36.0 Å². The molecule has 2 aromatic rings. The summed E-state index contributed by atoms with van der Waals surface area (Å²) in [5.41, 5.74) is 0.122. The lowest BCUT2D eigenvalue weighted by molar-refractivity contribution is 0.136. The average molecular weight is 372 g/mol. The summed E-state index contributed by atoms with van der Waals surface area (Å²) < 4.78 is 14.3. The molecule has 0 saturated carbocycles. The fraction of sp³-hybridized carbons (Fsp3) is 0.429. The highest BCUT2D eigenvalue weighted by Crippen LogP contribution is 2.31. The van der Waals surface area contributed by atoms with Crippen LogP contribution >= 0.6 is 23.4 Å². The third-order valence-corrected chi connectivity index (χ3v) is 4.76. The zero-order valence-corrected chi connectivity index (χ0v) is 14.6. The van der Waals surface area contributed by atoms with Gasteiger partial charge in [-0.25, -0.2) is 24.1 Å². The van der Waals surface area contributed by atoms with Gasteiger partial charge in [-0.15, -0.1) is 0 Å². The van der Waals surface area contributed by atoms with Gasteiger partial charge in [-0.3, -0.25) is 0 Å². The molecule has 24 heavy (non-hydrogen) atoms. The van der Waals surface area contributed by atoms with E-state index in [0.717, 1.165) is 0 Å². The van der Waals surface area contributed by atoms with Crippen LogP contribution in [0.1, 0.15) is 6.92 Å². The summed E-state index contributed by atoms with van der Waals surface area (Å²) in [4.78, 5) is 27.0. The molecule has 2 aromatic heterocycles. The summed E-state index contributed by atoms with van der Waals surface area (Å²) in [7, 11) is 0. The molecule has 7 nitrogen and oxygen atoms in total. The lowest BCUT2D eigenvalue weighted by Crippen LogP contribution is -2.53. The molecule has 0 aromatic carbocycles. The van der Waals surface area contributed by atoms with E-state index in [2.05, 4.69) is 15.0 Å². The molecule has 1 saturated heterocycles. The van der Waals surface area contributed by atoms with Crippen LogP contribution in [0, 0.1) is 5.82 Å². The van der Waals surface area contributed by atoms with Gasteiger partial charge in [-0.1, -0.05) is 23.4 Å². The first kappa shape index (κ1) is 17.0. The number of thioether (sulfide) groups is 1. The van der Waals surface area contributed by atoms with E-state index in [1.807, 2.05) is 11.8 Å². The predicted molar refractivity (Wildman–Crippen MR) is 90.5 cm³/mol. The number of anilines is 1. The number of amides is 1. The van der Waals surface area contributed by atoms with Crippen molar-refractivity contribution in [3.05, 3.63) is 17.2 Å². The number of carboxylic acid groups (broad SMARTS) is 1. The second kappa shape index (κ2) is 6.56. The van der Waals surface area contributed by atoms with Crippen LogP contribution in [-0.4, -0.2) is 63.0 Å². The highest BCUT2D eigenvalue weighted by Gasteiger charge is 2.29. The molecule has 1 aliphatic rings. The first-order valence-electron chi connectivity index (χ1n) is 7.22. The fourth-order valence-corrected chi connectivity index (χ4v) is 3.25. The molecule has 3 rings (SSSR count). The summed E-state index contributed by atoms with van der Waals surface area (Å²) in [5.74, 6) is -0.130. The van der Waals surface area contributed by atoms with Crippen molar-refractivity contribution in [2.75, 3.05) is 30.8 Å². The van der Waals surface area contributed by atoms with Gasteiger partial charge < -0.3 is 14.9 Å². The van der Waals surface area contributed by atoms with Crippen LogP contribution in [0.3, 0.4) is 0 Å². The van der Waals surface area contributed by atoms with Gasteiger partial charge in [0.25, 0.3) is 0 Å². The summed E-state index contributed by atoms with van der Waals surface area (Å²) in [6.45, 7) is 3.06. The number of halogens is 2. The van der Waals surface area contributed by atoms with E-state index in [1.165, 1.54) is 22.9 Å². The molecule has 128 valence electrons. The zero-order chi connectivity index (χ0) is 17.4. The van der Waals surface area contributed by atoms with Crippen molar-refractivity contribution in [1.29, 1.82) is 0 Å². The van der Waals surface area contributed by atoms with E-state index >= 15 is 0 Å². The summed E-state index contributed by atoms with van der Waals surface area (Å²) in [6.07, 6.45) is 2.31. The van der Waals surface area contributed by atoms with Crippen molar-refractivity contribution in [2.24, 2.45) is 0 Å². The molecule has 1 amide bonds. The molecule has 0 aliphatic carbocycles. The summed E-state index contributed by atoms with van der Waals surface area (Å²) >= 11 is 7.06. The third-order valence-electron chi connectivity index (χ3n) is 3.95. The Labute approximate surface area is 146 Å². The maximum Gasteiger partial charge on any atom is 0.407 e. The first-order chi connectivity index (χ1) is 11.4. The highest BCUT2D eigenvalue weighted by atomic mass is 35.5. The van der Waals surface area contributed by atoms with Gasteiger partial charge in [0.05, 0.1) is 5.39 Å². The number of carbonyl (C=O) groups is 1. The van der Waals surface area contributed by atoms with Crippen LogP contribution < -0.4 is 4.90 Å². The number of hydrogen-bond donors (Lipinski definition) is 1. The Kier molecular flexibility index (Phi) is 4.64. The Bertz CT molecular complexity index is 808. The maximum atomic E-state index is 14.3. The molecule has 0 unspecified atom stereocenters. The number of fused-ring (bicyclic) bond motifs is 1. The third kappa shape index (κ3) is 2.93. The van der Waals surface area contributed by atoms with Crippen molar-refractivity contribution >= 4 is 46.2 Å². The van der Waals surface area contributed by atoms with Gasteiger partial charge in [-0.05, 0) is 13.2 Å². The fourth-order valence-electron chi connectivity index (χ4n) is 2.76. The average Bonchev–Trinajstić information content (AvgIpc) is 2.57. The van der Waals surface area contributed by atoms with Crippen molar-refractivity contribution in [3.63, 3.8) is 0 Å². The molecule has 0 radical (unpaired) electrons. The number of piperazine rings is 1. The molecular weight excluding hydrogens is 357 g/mol. The van der Waals surface area contributed by atoms with Gasteiger partial charge in [0.1, 0.15) is 11.3 Å². The minimum atomic E-state index is -0.946. The molecule has 3 heterocycles. The molecule has 1 N–H and O–H groups in total. The molecule has 10 heteroatoms. The molecule has 1 atom stereocenters. The van der Waals surface area contributed by atoms with Gasteiger partial charge >= 0.3 is 6.09 Å². The van der Waals surface area contributed by atoms with Crippen LogP contribution in [0.5, 0.6) is 0 Å². The topological polar surface area (TPSA) is 82.5 Å². The standard InChI is InChI=1S/C14H15ClFN5O2S/c1-7-6-20(14(22)23)3-4-21(7)12-8-5-17-11(15)9(16)10(8)18-13(19-12)24-2/h5,7H,3-4,6H2,1-2H3,(H,22,23)/t7-/m0/s1. The van der Waals surface area contributed by atoms with Crippen LogP contribution in [0.15, 0.2) is 11.4 Å². The van der Waals surface area contributed by atoms with E-state index < -0.39 is 11.9 Å². The lowest BCUT2D eigenvalue weighted by atomic mass is 10.1. The van der Waals surface area contributed by atoms with Crippen molar-refractivity contribution < 1.29 is 14.3 Å². The number of pyridine rings is 1. The van der Waals surface area contributed by atoms with Gasteiger partial charge in [0.2, 0.25) is 0 Å². The maximum absolute atomic E-state index is 14.3. The Morgan fingerprint density at radius 1 is 1.46 bits per heavy atom. The minimum absolute atomic E-state index is 0.110. The van der Waals surface area contributed by atoms with E-state index in [9.17, 15) is 9.18 Å². The molecule has 0 spiro atoms. The minimum Gasteiger partial charge on any atom is -0.465 e. The van der Waals surface area contributed by atoms with Crippen molar-refractivity contribution in [1.82, 2.24) is 19.9 Å². The highest BCUT2D eigenvalue weighted by molar-refractivity contribution is 7.98. The largest absolute Gasteiger partial charge is 0.465 e. The molecular formula is C14H15ClFN5O2S. The van der Waals surface area contributed by atoms with Crippen molar-refractivity contribution in [3.8, 4) is 0 Å². The Hall–Kier alpha value is -1.87. The monoisotopic (exact) mass is 371 g/mol. The van der Waals surface area contributed by atoms with Crippen LogP contribution in [0.2, 0.25) is 5.15 Å². The second-order valence-corrected chi connectivity index (χ2v) is 6.56. The van der Waals surface area contributed by atoms with Crippen molar-refractivity contribution in [2.45, 2.75) is 18.1 Å². The van der Waals surface area contributed by atoms with Crippen LogP contribution in [-0.2, 0) is 0 Å². The second-order valence-electron chi connectivity index (χ2n) is 5.43. The van der Waals surface area contributed by atoms with Gasteiger partial charge in [0, 0.05) is 31.9 Å². The van der Waals surface area contributed by atoms with E-state index in [4.69, 9.17) is 16.7 Å². The summed E-state index contributed by atoms with van der Waals surface area (Å²) in [6, 6.07) is -0.110. The summed E-state index contributed by atoms with van der Waals surface area (Å²) in [5, 5.41) is 9.79. The predicted octanol–water partition coefficient (Wildman–Crippen LogP) is 2.73. The zero-order valence-electron chi connectivity index (χ0n) is 13.0. The molecule has 1 fully saturated rings. The number of aromatic nitrogens is 3. The number of nitrogens with zero attached hydrogens (tertiary/aromatic N) is 5. The van der Waals surface area contributed by atoms with E-state index in [1.54, 1.807) is 6.26 Å². The molecule has 1 aliphatic heterocycles. The molecule has 0 bridgehead atoms. The Morgan fingerprint density at radius 3 is 2.83 bits per heavy atom.